The van der Waals surface area contributed by atoms with E-state index in [0.717, 1.165) is 44.8 Å². The van der Waals surface area contributed by atoms with E-state index in [1.807, 2.05) is 24.3 Å². The highest BCUT2D eigenvalue weighted by Gasteiger charge is 2.19. The Balaban J connectivity index is 0.000000541. The zero-order valence-electron chi connectivity index (χ0n) is 12.8. The van der Waals surface area contributed by atoms with Crippen molar-refractivity contribution in [3.8, 4) is 0 Å². The minimum Gasteiger partial charge on any atom is -0.481 e. The summed E-state index contributed by atoms with van der Waals surface area (Å²) in [4.78, 5) is 21.0. The van der Waals surface area contributed by atoms with Gasteiger partial charge in [0, 0.05) is 24.4 Å². The maximum atomic E-state index is 12.0. The first kappa shape index (κ1) is 18.5. The van der Waals surface area contributed by atoms with Gasteiger partial charge in [-0.1, -0.05) is 23.7 Å². The first-order valence-electron chi connectivity index (χ1n) is 7.41. The van der Waals surface area contributed by atoms with Crippen LogP contribution < -0.4 is 10.6 Å². The Bertz CT molecular complexity index is 482. The Kier molecular flexibility index (Phi) is 8.55. The third-order valence-electron chi connectivity index (χ3n) is 3.30. The van der Waals surface area contributed by atoms with Crippen molar-refractivity contribution >= 4 is 23.5 Å². The molecule has 0 saturated carbocycles. The molecule has 1 unspecified atom stereocenters. The van der Waals surface area contributed by atoms with Crippen LogP contribution >= 0.6 is 11.6 Å². The molecule has 0 spiro atoms. The van der Waals surface area contributed by atoms with Crippen LogP contribution in [0.3, 0.4) is 0 Å². The summed E-state index contributed by atoms with van der Waals surface area (Å²) < 4.78 is 0. The second-order valence-corrected chi connectivity index (χ2v) is 5.68. The molecule has 1 aliphatic heterocycles. The van der Waals surface area contributed by atoms with Crippen LogP contribution in [0.4, 0.5) is 0 Å². The van der Waals surface area contributed by atoms with Gasteiger partial charge in [0.15, 0.2) is 0 Å². The fourth-order valence-corrected chi connectivity index (χ4v) is 2.47. The molecular formula is C16H23ClN2O3. The monoisotopic (exact) mass is 326 g/mol. The van der Waals surface area contributed by atoms with Gasteiger partial charge in [-0.3, -0.25) is 9.59 Å². The van der Waals surface area contributed by atoms with E-state index < -0.39 is 5.97 Å². The largest absolute Gasteiger partial charge is 0.481 e. The van der Waals surface area contributed by atoms with Gasteiger partial charge in [0.05, 0.1) is 0 Å². The summed E-state index contributed by atoms with van der Waals surface area (Å²) >= 11 is 5.91. The van der Waals surface area contributed by atoms with Crippen molar-refractivity contribution < 1.29 is 14.7 Å². The number of halogens is 1. The zero-order chi connectivity index (χ0) is 16.4. The predicted octanol–water partition coefficient (Wildman–Crippen LogP) is 2.44. The average molecular weight is 327 g/mol. The third kappa shape index (κ3) is 8.00. The summed E-state index contributed by atoms with van der Waals surface area (Å²) in [5.74, 6) is -0.516. The van der Waals surface area contributed by atoms with E-state index in [2.05, 4.69) is 10.6 Å². The molecular weight excluding hydrogens is 304 g/mol. The fourth-order valence-electron chi connectivity index (χ4n) is 2.26. The number of amides is 1. The van der Waals surface area contributed by atoms with Crippen LogP contribution in [0.15, 0.2) is 24.3 Å². The smallest absolute Gasteiger partial charge is 0.300 e. The van der Waals surface area contributed by atoms with Gasteiger partial charge < -0.3 is 15.7 Å². The molecule has 122 valence electrons. The quantitative estimate of drug-likeness (QED) is 0.797. The maximum absolute atomic E-state index is 12.0. The summed E-state index contributed by atoms with van der Waals surface area (Å²) in [5, 5.41) is 14.4. The minimum atomic E-state index is -0.833. The van der Waals surface area contributed by atoms with E-state index in [1.165, 1.54) is 0 Å². The molecule has 1 aromatic rings. The molecule has 6 heteroatoms. The second kappa shape index (κ2) is 10.2. The number of hydrogen-bond donors (Lipinski definition) is 3. The lowest BCUT2D eigenvalue weighted by Gasteiger charge is -2.13. The van der Waals surface area contributed by atoms with Gasteiger partial charge in [-0.05, 0) is 50.0 Å². The molecule has 0 radical (unpaired) electrons. The highest BCUT2D eigenvalue weighted by atomic mass is 35.5. The molecule has 1 heterocycles. The lowest BCUT2D eigenvalue weighted by molar-refractivity contribution is -0.134. The Morgan fingerprint density at radius 3 is 2.77 bits per heavy atom. The number of aliphatic carboxylic acids is 1. The number of rotatable bonds is 3. The van der Waals surface area contributed by atoms with Crippen LogP contribution in [0.5, 0.6) is 0 Å². The van der Waals surface area contributed by atoms with Crippen molar-refractivity contribution in [2.24, 2.45) is 5.92 Å². The molecule has 1 amide bonds. The normalized spacial score (nSPS) is 17.6. The molecule has 0 aromatic heterocycles. The van der Waals surface area contributed by atoms with E-state index in [4.69, 9.17) is 21.5 Å². The minimum absolute atomic E-state index is 0.152. The van der Waals surface area contributed by atoms with Gasteiger partial charge >= 0.3 is 0 Å². The van der Waals surface area contributed by atoms with Gasteiger partial charge in [-0.25, -0.2) is 0 Å². The maximum Gasteiger partial charge on any atom is 0.300 e. The molecule has 1 aliphatic rings. The van der Waals surface area contributed by atoms with Crippen LogP contribution in [0.25, 0.3) is 0 Å². The van der Waals surface area contributed by atoms with Crippen LogP contribution in [0.1, 0.15) is 31.7 Å². The lowest BCUT2D eigenvalue weighted by Crippen LogP contribution is -2.30. The van der Waals surface area contributed by atoms with Crippen LogP contribution in [0, 0.1) is 5.92 Å². The lowest BCUT2D eigenvalue weighted by atomic mass is 10.00. The Morgan fingerprint density at radius 1 is 1.36 bits per heavy atom. The zero-order valence-corrected chi connectivity index (χ0v) is 13.5. The number of carbonyl (C=O) groups excluding carboxylic acids is 1. The third-order valence-corrected chi connectivity index (χ3v) is 3.54. The van der Waals surface area contributed by atoms with E-state index >= 15 is 0 Å². The number of nitrogens with one attached hydrogen (secondary N) is 2. The topological polar surface area (TPSA) is 78.4 Å². The van der Waals surface area contributed by atoms with E-state index in [9.17, 15) is 4.79 Å². The number of benzene rings is 1. The summed E-state index contributed by atoms with van der Waals surface area (Å²) in [6.07, 6.45) is 2.99. The van der Waals surface area contributed by atoms with Crippen molar-refractivity contribution in [3.63, 3.8) is 0 Å². The van der Waals surface area contributed by atoms with Crippen LogP contribution in [0.2, 0.25) is 5.02 Å². The molecule has 0 bridgehead atoms. The number of carboxylic acid groups (broad SMARTS) is 1. The SMILES string of the molecule is CC(=O)O.O=C(NCc1cccc(Cl)c1)C1CCCNCC1. The summed E-state index contributed by atoms with van der Waals surface area (Å²) in [6, 6.07) is 7.60. The first-order valence-corrected chi connectivity index (χ1v) is 7.79. The number of hydrogen-bond acceptors (Lipinski definition) is 3. The van der Waals surface area contributed by atoms with E-state index in [-0.39, 0.29) is 11.8 Å². The van der Waals surface area contributed by atoms with Crippen molar-refractivity contribution in [2.75, 3.05) is 13.1 Å². The molecule has 1 aromatic carbocycles. The van der Waals surface area contributed by atoms with E-state index in [1.54, 1.807) is 0 Å². The fraction of sp³-hybridized carbons (Fsp3) is 0.500. The van der Waals surface area contributed by atoms with Crippen molar-refractivity contribution in [1.82, 2.24) is 10.6 Å². The van der Waals surface area contributed by atoms with Gasteiger partial charge in [-0.15, -0.1) is 0 Å². The molecule has 2 rings (SSSR count). The Hall–Kier alpha value is -1.59. The molecule has 22 heavy (non-hydrogen) atoms. The standard InChI is InChI=1S/C14H19ClN2O.C2H4O2/c15-13-5-1-3-11(9-13)10-17-14(18)12-4-2-7-16-8-6-12;1-2(3)4/h1,3,5,9,12,16H,2,4,6-8,10H2,(H,17,18);1H3,(H,3,4). The van der Waals surface area contributed by atoms with Crippen molar-refractivity contribution in [1.29, 1.82) is 0 Å². The molecule has 3 N–H and O–H groups in total. The number of carboxylic acids is 1. The van der Waals surface area contributed by atoms with Crippen LogP contribution in [-0.2, 0) is 16.1 Å². The number of carbonyl (C=O) groups is 2. The molecule has 1 saturated heterocycles. The van der Waals surface area contributed by atoms with Crippen LogP contribution in [-0.4, -0.2) is 30.1 Å². The van der Waals surface area contributed by atoms with E-state index in [0.29, 0.717) is 11.6 Å². The highest BCUT2D eigenvalue weighted by Crippen LogP contribution is 2.14. The summed E-state index contributed by atoms with van der Waals surface area (Å²) in [7, 11) is 0. The molecule has 1 fully saturated rings. The van der Waals surface area contributed by atoms with Gasteiger partial charge in [0.25, 0.3) is 5.97 Å². The highest BCUT2D eigenvalue weighted by molar-refractivity contribution is 6.30. The van der Waals surface area contributed by atoms with Crippen molar-refractivity contribution in [2.45, 2.75) is 32.7 Å². The van der Waals surface area contributed by atoms with Gasteiger partial charge in [0.1, 0.15) is 0 Å². The predicted molar refractivity (Wildman–Crippen MR) is 86.8 cm³/mol. The Labute approximate surface area is 136 Å². The summed E-state index contributed by atoms with van der Waals surface area (Å²) in [6.45, 7) is 3.61. The average Bonchev–Trinajstić information content (AvgIpc) is 2.73. The Morgan fingerprint density at radius 2 is 2.09 bits per heavy atom. The second-order valence-electron chi connectivity index (χ2n) is 5.24. The van der Waals surface area contributed by atoms with Gasteiger partial charge in [-0.2, -0.15) is 0 Å². The molecule has 0 aliphatic carbocycles. The molecule has 1 atom stereocenters. The van der Waals surface area contributed by atoms with Crippen molar-refractivity contribution in [3.05, 3.63) is 34.9 Å². The molecule has 5 nitrogen and oxygen atoms in total. The summed E-state index contributed by atoms with van der Waals surface area (Å²) in [5.41, 5.74) is 1.04. The first-order chi connectivity index (χ1) is 10.5. The van der Waals surface area contributed by atoms with Gasteiger partial charge in [0.2, 0.25) is 5.91 Å².